The first-order valence-corrected chi connectivity index (χ1v) is 7.32. The second-order valence-corrected chi connectivity index (χ2v) is 5.43. The molecule has 0 unspecified atom stereocenters. The van der Waals surface area contributed by atoms with E-state index in [1.807, 2.05) is 0 Å². The van der Waals surface area contributed by atoms with E-state index in [1.54, 1.807) is 31.2 Å². The van der Waals surface area contributed by atoms with Gasteiger partial charge in [-0.25, -0.2) is 4.39 Å². The number of likely N-dealkylation sites (tertiary alicyclic amines) is 1. The van der Waals surface area contributed by atoms with Gasteiger partial charge in [0, 0.05) is 27.1 Å². The number of amides is 2. The highest BCUT2D eigenvalue weighted by Gasteiger charge is 2.38. The van der Waals surface area contributed by atoms with Gasteiger partial charge in [-0.1, -0.05) is 12.1 Å². The predicted octanol–water partition coefficient (Wildman–Crippen LogP) is 1.50. The van der Waals surface area contributed by atoms with Crippen LogP contribution in [0.4, 0.5) is 4.39 Å². The first kappa shape index (κ1) is 16.4. The number of carbonyl (C=O) groups is 2. The van der Waals surface area contributed by atoms with Gasteiger partial charge >= 0.3 is 0 Å². The number of hydrogen-bond donors (Lipinski definition) is 1. The maximum absolute atomic E-state index is 13.1. The number of halogens is 1. The Hall–Kier alpha value is -1.95. The number of nitrogens with zero attached hydrogens (tertiary/aromatic N) is 1. The van der Waals surface area contributed by atoms with Crippen molar-refractivity contribution in [3.8, 4) is 0 Å². The fraction of sp³-hybridized carbons (Fsp3) is 0.500. The quantitative estimate of drug-likeness (QED) is 0.839. The van der Waals surface area contributed by atoms with Crippen molar-refractivity contribution in [2.45, 2.75) is 18.9 Å². The third-order valence-electron chi connectivity index (χ3n) is 4.01. The first-order valence-electron chi connectivity index (χ1n) is 7.32. The molecule has 1 aliphatic heterocycles. The van der Waals surface area contributed by atoms with Crippen molar-refractivity contribution < 1.29 is 18.7 Å². The van der Waals surface area contributed by atoms with Crippen LogP contribution < -0.4 is 5.32 Å². The summed E-state index contributed by atoms with van der Waals surface area (Å²) in [6.45, 7) is 0.869. The molecule has 1 heterocycles. The van der Waals surface area contributed by atoms with Gasteiger partial charge in [0.25, 0.3) is 0 Å². The molecule has 6 heteroatoms. The molecule has 1 aliphatic rings. The van der Waals surface area contributed by atoms with Gasteiger partial charge in [-0.2, -0.15) is 0 Å². The molecule has 0 aliphatic carbocycles. The van der Waals surface area contributed by atoms with E-state index >= 15 is 0 Å². The molecule has 1 saturated heterocycles. The van der Waals surface area contributed by atoms with Gasteiger partial charge < -0.3 is 15.0 Å². The molecule has 1 aromatic carbocycles. The zero-order chi connectivity index (χ0) is 16.1. The Morgan fingerprint density at radius 2 is 2.09 bits per heavy atom. The van der Waals surface area contributed by atoms with E-state index in [9.17, 15) is 14.0 Å². The van der Waals surface area contributed by atoms with Crippen LogP contribution in [0.3, 0.4) is 0 Å². The minimum Gasteiger partial charge on any atom is -0.383 e. The lowest BCUT2D eigenvalue weighted by Crippen LogP contribution is -2.46. The summed E-state index contributed by atoms with van der Waals surface area (Å²) in [5.41, 5.74) is 0.767. The normalized spacial score (nSPS) is 21.8. The van der Waals surface area contributed by atoms with Gasteiger partial charge in [-0.05, 0) is 24.1 Å². The number of rotatable bonds is 5. The predicted molar refractivity (Wildman–Crippen MR) is 79.5 cm³/mol. The molecule has 5 nitrogen and oxygen atoms in total. The number of benzene rings is 1. The number of piperidine rings is 1. The van der Waals surface area contributed by atoms with E-state index < -0.39 is 0 Å². The zero-order valence-electron chi connectivity index (χ0n) is 12.8. The Balaban J connectivity index is 2.20. The largest absolute Gasteiger partial charge is 0.383 e. The summed E-state index contributed by atoms with van der Waals surface area (Å²) in [5, 5.41) is 2.82. The monoisotopic (exact) mass is 308 g/mol. The smallest absolute Gasteiger partial charge is 0.225 e. The molecule has 2 rings (SSSR count). The topological polar surface area (TPSA) is 58.6 Å². The molecule has 0 radical (unpaired) electrons. The number of hydrogen-bond acceptors (Lipinski definition) is 3. The standard InChI is InChI=1S/C16H21FN2O3/c1-19-14(20)8-7-13(16(21)18-9-10-22-2)15(19)11-3-5-12(17)6-4-11/h3-6,13,15H,7-10H2,1-2H3,(H,18,21)/t13-,15+/m1/s1. The van der Waals surface area contributed by atoms with Crippen molar-refractivity contribution in [3.05, 3.63) is 35.6 Å². The summed E-state index contributed by atoms with van der Waals surface area (Å²) in [6, 6.07) is 5.59. The van der Waals surface area contributed by atoms with Gasteiger partial charge in [0.2, 0.25) is 11.8 Å². The van der Waals surface area contributed by atoms with E-state index in [1.165, 1.54) is 12.1 Å². The van der Waals surface area contributed by atoms with Crippen LogP contribution in [0, 0.1) is 11.7 Å². The maximum atomic E-state index is 13.1. The molecule has 120 valence electrons. The fourth-order valence-corrected chi connectivity index (χ4v) is 2.84. The Morgan fingerprint density at radius 3 is 2.73 bits per heavy atom. The summed E-state index contributed by atoms with van der Waals surface area (Å²) in [4.78, 5) is 26.0. The number of ether oxygens (including phenoxy) is 1. The number of carbonyl (C=O) groups excluding carboxylic acids is 2. The SMILES string of the molecule is COCCNC(=O)[C@@H]1CCC(=O)N(C)[C@H]1c1ccc(F)cc1. The lowest BCUT2D eigenvalue weighted by atomic mass is 9.84. The molecular weight excluding hydrogens is 287 g/mol. The lowest BCUT2D eigenvalue weighted by molar-refractivity contribution is -0.141. The van der Waals surface area contributed by atoms with Gasteiger partial charge in [-0.3, -0.25) is 9.59 Å². The van der Waals surface area contributed by atoms with E-state index in [0.29, 0.717) is 26.0 Å². The van der Waals surface area contributed by atoms with E-state index in [2.05, 4.69) is 5.32 Å². The van der Waals surface area contributed by atoms with Gasteiger partial charge in [0.15, 0.2) is 0 Å². The Kier molecular flexibility index (Phi) is 5.49. The highest BCUT2D eigenvalue weighted by atomic mass is 19.1. The third kappa shape index (κ3) is 3.62. The summed E-state index contributed by atoms with van der Waals surface area (Å²) in [7, 11) is 3.26. The molecular formula is C16H21FN2O3. The van der Waals surface area contributed by atoms with E-state index in [0.717, 1.165) is 5.56 Å². The molecule has 0 bridgehead atoms. The van der Waals surface area contributed by atoms with Crippen molar-refractivity contribution in [1.82, 2.24) is 10.2 Å². The summed E-state index contributed by atoms with van der Waals surface area (Å²) >= 11 is 0. The fourth-order valence-electron chi connectivity index (χ4n) is 2.84. The van der Waals surface area contributed by atoms with Crippen LogP contribution in [-0.2, 0) is 14.3 Å². The second-order valence-electron chi connectivity index (χ2n) is 5.43. The van der Waals surface area contributed by atoms with Crippen LogP contribution in [0.25, 0.3) is 0 Å². The molecule has 1 fully saturated rings. The average molecular weight is 308 g/mol. The zero-order valence-corrected chi connectivity index (χ0v) is 12.8. The van der Waals surface area contributed by atoms with Crippen LogP contribution in [0.5, 0.6) is 0 Å². The average Bonchev–Trinajstić information content (AvgIpc) is 2.51. The number of methoxy groups -OCH3 is 1. The van der Waals surface area contributed by atoms with Crippen LogP contribution in [0.1, 0.15) is 24.4 Å². The molecule has 1 aromatic rings. The Labute approximate surface area is 129 Å². The third-order valence-corrected chi connectivity index (χ3v) is 4.01. The second kappa shape index (κ2) is 7.35. The molecule has 22 heavy (non-hydrogen) atoms. The van der Waals surface area contributed by atoms with Gasteiger partial charge in [0.1, 0.15) is 5.82 Å². The highest BCUT2D eigenvalue weighted by molar-refractivity contribution is 5.84. The molecule has 0 aromatic heterocycles. The molecule has 0 spiro atoms. The lowest BCUT2D eigenvalue weighted by Gasteiger charge is -2.38. The van der Waals surface area contributed by atoms with Crippen molar-refractivity contribution >= 4 is 11.8 Å². The van der Waals surface area contributed by atoms with Crippen molar-refractivity contribution in [3.63, 3.8) is 0 Å². The van der Waals surface area contributed by atoms with Crippen LogP contribution >= 0.6 is 0 Å². The molecule has 2 amide bonds. The van der Waals surface area contributed by atoms with Crippen LogP contribution in [-0.4, -0.2) is 44.0 Å². The molecule has 0 saturated carbocycles. The Bertz CT molecular complexity index is 533. The van der Waals surface area contributed by atoms with Gasteiger partial charge in [0.05, 0.1) is 18.6 Å². The highest BCUT2D eigenvalue weighted by Crippen LogP contribution is 2.35. The summed E-state index contributed by atoms with van der Waals surface area (Å²) < 4.78 is 18.0. The summed E-state index contributed by atoms with van der Waals surface area (Å²) in [5.74, 6) is -0.791. The maximum Gasteiger partial charge on any atom is 0.225 e. The molecule has 1 N–H and O–H groups in total. The Morgan fingerprint density at radius 1 is 1.41 bits per heavy atom. The minimum absolute atomic E-state index is 0.00438. The first-order chi connectivity index (χ1) is 10.5. The van der Waals surface area contributed by atoms with Crippen LogP contribution in [0.15, 0.2) is 24.3 Å². The molecule has 2 atom stereocenters. The number of nitrogens with one attached hydrogen (secondary N) is 1. The van der Waals surface area contributed by atoms with Crippen molar-refractivity contribution in [1.29, 1.82) is 0 Å². The minimum atomic E-state index is -0.371. The van der Waals surface area contributed by atoms with Crippen molar-refractivity contribution in [2.75, 3.05) is 27.3 Å². The van der Waals surface area contributed by atoms with E-state index in [4.69, 9.17) is 4.74 Å². The van der Waals surface area contributed by atoms with Crippen LogP contribution in [0.2, 0.25) is 0 Å². The van der Waals surface area contributed by atoms with Crippen molar-refractivity contribution in [2.24, 2.45) is 5.92 Å². The summed E-state index contributed by atoms with van der Waals surface area (Å²) in [6.07, 6.45) is 0.834. The van der Waals surface area contributed by atoms with Gasteiger partial charge in [-0.15, -0.1) is 0 Å². The van der Waals surface area contributed by atoms with E-state index in [-0.39, 0.29) is 29.6 Å².